The summed E-state index contributed by atoms with van der Waals surface area (Å²) in [4.78, 5) is 38.9. The molecule has 0 saturated carbocycles. The zero-order chi connectivity index (χ0) is 23.4. The molecule has 0 aliphatic carbocycles. The molecule has 16 heteroatoms. The number of hydrogen-bond donors (Lipinski definition) is 3. The maximum absolute atomic E-state index is 12.9. The van der Waals surface area contributed by atoms with Crippen LogP contribution in [-0.4, -0.2) is 91.1 Å². The van der Waals surface area contributed by atoms with Crippen molar-refractivity contribution in [1.29, 1.82) is 0 Å². The number of carbonyl (C=O) groups is 3. The van der Waals surface area contributed by atoms with Crippen LogP contribution < -0.4 is 10.5 Å². The van der Waals surface area contributed by atoms with Crippen LogP contribution in [-0.2, 0) is 31.1 Å². The van der Waals surface area contributed by atoms with Gasteiger partial charge in [0.05, 0.1) is 12.0 Å². The van der Waals surface area contributed by atoms with Crippen molar-refractivity contribution in [3.8, 4) is 0 Å². The average Bonchev–Trinajstić information content (AvgIpc) is 3.21. The molecule has 0 radical (unpaired) electrons. The Labute approximate surface area is 187 Å². The predicted molar refractivity (Wildman–Crippen MR) is 109 cm³/mol. The van der Waals surface area contributed by atoms with Crippen molar-refractivity contribution in [1.82, 2.24) is 34.7 Å². The molecule has 0 bridgehead atoms. The van der Waals surface area contributed by atoms with E-state index in [1.807, 2.05) is 6.92 Å². The Morgan fingerprint density at radius 2 is 2.09 bits per heavy atom. The third-order valence-corrected chi connectivity index (χ3v) is 8.35. The normalized spacial score (nSPS) is 27.0. The van der Waals surface area contributed by atoms with E-state index in [0.717, 1.165) is 4.31 Å². The van der Waals surface area contributed by atoms with Gasteiger partial charge in [-0.05, 0) is 17.4 Å². The number of β-lactam (4-membered cyclic amide) rings is 1. The van der Waals surface area contributed by atoms with Gasteiger partial charge in [0, 0.05) is 35.2 Å². The number of aromatic nitrogens is 4. The van der Waals surface area contributed by atoms with Gasteiger partial charge in [-0.3, -0.25) is 9.59 Å². The van der Waals surface area contributed by atoms with Gasteiger partial charge >= 0.3 is 5.97 Å². The number of tetrazole rings is 1. The molecule has 1 aromatic rings. The summed E-state index contributed by atoms with van der Waals surface area (Å²) in [7, 11) is -3.78. The maximum atomic E-state index is 12.9. The van der Waals surface area contributed by atoms with Crippen molar-refractivity contribution in [2.75, 3.05) is 13.1 Å². The van der Waals surface area contributed by atoms with E-state index >= 15 is 0 Å². The highest BCUT2D eigenvalue weighted by atomic mass is 32.2. The minimum Gasteiger partial charge on any atom is -0.477 e. The highest BCUT2D eigenvalue weighted by Crippen LogP contribution is 2.52. The third-order valence-electron chi connectivity index (χ3n) is 5.88. The zero-order valence-corrected chi connectivity index (χ0v) is 18.8. The van der Waals surface area contributed by atoms with Gasteiger partial charge in [-0.15, -0.1) is 16.9 Å². The van der Waals surface area contributed by atoms with Gasteiger partial charge in [-0.2, -0.15) is 12.7 Å². The van der Waals surface area contributed by atoms with E-state index in [2.05, 4.69) is 20.8 Å². The molecule has 0 aromatic carbocycles. The van der Waals surface area contributed by atoms with Crippen LogP contribution in [0.5, 0.6) is 0 Å². The van der Waals surface area contributed by atoms with Crippen molar-refractivity contribution >= 4 is 39.8 Å². The first-order valence-electron chi connectivity index (χ1n) is 9.74. The van der Waals surface area contributed by atoms with Gasteiger partial charge in [0.25, 0.3) is 10.2 Å². The lowest BCUT2D eigenvalue weighted by molar-refractivity contribution is -0.158. The molecule has 4 atom stereocenters. The fourth-order valence-electron chi connectivity index (χ4n) is 4.35. The number of nitrogens with one attached hydrogen (secondary N) is 1. The third kappa shape index (κ3) is 3.87. The molecule has 4 rings (SSSR count). The van der Waals surface area contributed by atoms with Crippen molar-refractivity contribution < 1.29 is 27.9 Å². The second kappa shape index (κ2) is 8.09. The van der Waals surface area contributed by atoms with Crippen molar-refractivity contribution in [2.24, 2.45) is 17.0 Å². The molecule has 2 saturated heterocycles. The minimum atomic E-state index is -3.78. The van der Waals surface area contributed by atoms with E-state index in [0.29, 0.717) is 4.91 Å². The Bertz CT molecular complexity index is 1080. The van der Waals surface area contributed by atoms with Gasteiger partial charge in [0.1, 0.15) is 18.6 Å². The Morgan fingerprint density at radius 3 is 2.66 bits per heavy atom. The number of thioether (sulfide) groups is 1. The first-order valence-corrected chi connectivity index (χ1v) is 12.1. The molecule has 4 N–H and O–H groups in total. The molecular formula is C16H22N8O6S2. The molecule has 32 heavy (non-hydrogen) atoms. The minimum absolute atomic E-state index is 0.0741. The number of hydrogen-bond acceptors (Lipinski definition) is 9. The summed E-state index contributed by atoms with van der Waals surface area (Å²) in [6, 6.07) is -0.940. The Hall–Kier alpha value is -2.56. The Morgan fingerprint density at radius 1 is 1.41 bits per heavy atom. The lowest BCUT2D eigenvalue weighted by atomic mass is 9.78. The fraction of sp³-hybridized carbons (Fsp3) is 0.625. The number of carbonyl (C=O) groups excluding carboxylic acids is 2. The number of nitrogens with two attached hydrogens (primary N) is 1. The summed E-state index contributed by atoms with van der Waals surface area (Å²) in [6.07, 6.45) is 1.30. The molecule has 3 aliphatic rings. The highest BCUT2D eigenvalue weighted by Gasteiger charge is 2.60. The predicted octanol–water partition coefficient (Wildman–Crippen LogP) is -2.43. The zero-order valence-electron chi connectivity index (χ0n) is 17.2. The van der Waals surface area contributed by atoms with E-state index in [1.54, 1.807) is 6.92 Å². The van der Waals surface area contributed by atoms with E-state index < -0.39 is 34.2 Å². The van der Waals surface area contributed by atoms with E-state index in [9.17, 15) is 27.9 Å². The SMILES string of the molecule is CC(NC(=O)Cn1cnnn1)[C@H]1C(=O)N2C(C(=O)O)=C(SC3CN(S(N)(=O)=O)C3)[C@H](C)[C@H]12. The molecule has 14 nitrogen and oxygen atoms in total. The van der Waals surface area contributed by atoms with E-state index in [1.165, 1.54) is 27.7 Å². The Balaban J connectivity index is 1.44. The lowest BCUT2D eigenvalue weighted by Crippen LogP contribution is -2.66. The number of carboxylic acids is 1. The van der Waals surface area contributed by atoms with E-state index in [-0.39, 0.29) is 48.3 Å². The summed E-state index contributed by atoms with van der Waals surface area (Å²) >= 11 is 1.27. The average molecular weight is 487 g/mol. The molecule has 1 unspecified atom stereocenters. The van der Waals surface area contributed by atoms with Crippen LogP contribution in [0.15, 0.2) is 16.9 Å². The number of nitrogens with zero attached hydrogens (tertiary/aromatic N) is 6. The molecule has 174 valence electrons. The van der Waals surface area contributed by atoms with Crippen LogP contribution in [0.25, 0.3) is 0 Å². The van der Waals surface area contributed by atoms with Gasteiger partial charge in [0.15, 0.2) is 0 Å². The van der Waals surface area contributed by atoms with Crippen LogP contribution in [0.1, 0.15) is 13.8 Å². The second-order valence-corrected chi connectivity index (χ2v) is 10.9. The monoisotopic (exact) mass is 486 g/mol. The van der Waals surface area contributed by atoms with E-state index in [4.69, 9.17) is 5.14 Å². The van der Waals surface area contributed by atoms with Crippen LogP contribution in [0.4, 0.5) is 0 Å². The molecule has 2 amide bonds. The standard InChI is InChI=1S/C16H22N8O6S2/c1-7-12-11(8(2)19-10(25)5-22-6-18-20-21-22)15(26)24(12)13(16(27)28)14(7)31-9-3-23(4-9)32(17,29)30/h6-9,11-12H,3-5H2,1-2H3,(H,19,25)(H,27,28)(H2,17,29,30)/t7-,8?,11-,12-/m1/s1. The van der Waals surface area contributed by atoms with Crippen molar-refractivity contribution in [2.45, 2.75) is 37.7 Å². The first-order chi connectivity index (χ1) is 15.0. The highest BCUT2D eigenvalue weighted by molar-refractivity contribution is 8.04. The van der Waals surface area contributed by atoms with Gasteiger partial charge < -0.3 is 15.3 Å². The van der Waals surface area contributed by atoms with Gasteiger partial charge in [-0.1, -0.05) is 6.92 Å². The van der Waals surface area contributed by atoms with Crippen molar-refractivity contribution in [3.63, 3.8) is 0 Å². The number of carboxylic acid groups (broad SMARTS) is 1. The number of aliphatic carboxylic acids is 1. The lowest BCUT2D eigenvalue weighted by Gasteiger charge is -2.47. The quantitative estimate of drug-likeness (QED) is 0.333. The maximum Gasteiger partial charge on any atom is 0.353 e. The largest absolute Gasteiger partial charge is 0.477 e. The molecule has 3 aliphatic heterocycles. The summed E-state index contributed by atoms with van der Waals surface area (Å²) < 4.78 is 25.1. The molecular weight excluding hydrogens is 464 g/mol. The second-order valence-electron chi connectivity index (χ2n) is 8.00. The van der Waals surface area contributed by atoms with Crippen LogP contribution >= 0.6 is 11.8 Å². The summed E-state index contributed by atoms with van der Waals surface area (Å²) in [6.45, 7) is 3.79. The molecule has 2 fully saturated rings. The smallest absolute Gasteiger partial charge is 0.353 e. The van der Waals surface area contributed by atoms with Crippen LogP contribution in [0.3, 0.4) is 0 Å². The molecule has 1 aromatic heterocycles. The number of rotatable bonds is 8. The fourth-order valence-corrected chi connectivity index (χ4v) is 6.83. The molecule has 4 heterocycles. The van der Waals surface area contributed by atoms with Gasteiger partial charge in [0.2, 0.25) is 11.8 Å². The number of fused-ring (bicyclic) bond motifs is 1. The first kappa shape index (κ1) is 22.6. The number of amides is 2. The van der Waals surface area contributed by atoms with Crippen LogP contribution in [0.2, 0.25) is 0 Å². The van der Waals surface area contributed by atoms with Crippen LogP contribution in [0, 0.1) is 11.8 Å². The summed E-state index contributed by atoms with van der Waals surface area (Å²) in [5.41, 5.74) is -0.0741. The summed E-state index contributed by atoms with van der Waals surface area (Å²) in [5.74, 6) is -2.83. The molecule has 0 spiro atoms. The summed E-state index contributed by atoms with van der Waals surface area (Å²) in [5, 5.41) is 28.0. The van der Waals surface area contributed by atoms with Gasteiger partial charge in [-0.25, -0.2) is 14.6 Å². The van der Waals surface area contributed by atoms with Crippen molar-refractivity contribution in [3.05, 3.63) is 16.9 Å². The Kier molecular flexibility index (Phi) is 5.72. The topological polar surface area (TPSA) is 194 Å².